The van der Waals surface area contributed by atoms with Crippen molar-refractivity contribution in [2.45, 2.75) is 12.0 Å². The maximum absolute atomic E-state index is 10.2. The molecule has 82 valence electrons. The van der Waals surface area contributed by atoms with Crippen LogP contribution >= 0.6 is 0 Å². The van der Waals surface area contributed by atoms with Gasteiger partial charge in [-0.3, -0.25) is 0 Å². The Labute approximate surface area is 99.2 Å². The predicted octanol–water partition coefficient (Wildman–Crippen LogP) is 2.46. The summed E-state index contributed by atoms with van der Waals surface area (Å²) >= 11 is 0. The zero-order valence-corrected chi connectivity index (χ0v) is 9.09. The first-order chi connectivity index (χ1) is 8.21. The lowest BCUT2D eigenvalue weighted by molar-refractivity contribution is 0.105. The third-order valence-corrected chi connectivity index (χ3v) is 2.76. The molecular formula is C14H10N2O. The van der Waals surface area contributed by atoms with Crippen LogP contribution in [0.5, 0.6) is 0 Å². The van der Waals surface area contributed by atoms with Crippen LogP contribution in [0.2, 0.25) is 0 Å². The molecule has 0 heterocycles. The van der Waals surface area contributed by atoms with Gasteiger partial charge in [-0.25, -0.2) is 0 Å². The fourth-order valence-corrected chi connectivity index (χ4v) is 1.90. The molecule has 0 aliphatic heterocycles. The van der Waals surface area contributed by atoms with Gasteiger partial charge in [0.25, 0.3) is 0 Å². The highest BCUT2D eigenvalue weighted by Gasteiger charge is 2.30. The summed E-state index contributed by atoms with van der Waals surface area (Å²) < 4.78 is 0. The van der Waals surface area contributed by atoms with Gasteiger partial charge in [0.15, 0.2) is 5.60 Å². The largest absolute Gasteiger partial charge is 0.371 e. The van der Waals surface area contributed by atoms with Gasteiger partial charge in [-0.2, -0.15) is 10.5 Å². The lowest BCUT2D eigenvalue weighted by atomic mass is 9.88. The normalized spacial score (nSPS) is 13.6. The standard InChI is InChI=1S/C14H10N2O/c15-9-8-14(17,10-16)13-7-3-5-11-4-1-2-6-12(11)13/h1-7,17H,8H2. The predicted molar refractivity (Wildman–Crippen MR) is 63.7 cm³/mol. The lowest BCUT2D eigenvalue weighted by Gasteiger charge is -2.19. The molecule has 0 spiro atoms. The second-order valence-electron chi connectivity index (χ2n) is 3.83. The number of hydrogen-bond acceptors (Lipinski definition) is 3. The Bertz CT molecular complexity index is 631. The summed E-state index contributed by atoms with van der Waals surface area (Å²) in [5.74, 6) is 0. The van der Waals surface area contributed by atoms with Gasteiger partial charge in [0.1, 0.15) is 6.07 Å². The zero-order chi connectivity index (χ0) is 12.3. The van der Waals surface area contributed by atoms with E-state index in [2.05, 4.69) is 0 Å². The summed E-state index contributed by atoms with van der Waals surface area (Å²) in [5.41, 5.74) is -1.25. The molecule has 0 bridgehead atoms. The van der Waals surface area contributed by atoms with Crippen molar-refractivity contribution in [3.8, 4) is 12.1 Å². The van der Waals surface area contributed by atoms with Crippen LogP contribution in [0.25, 0.3) is 10.8 Å². The van der Waals surface area contributed by atoms with Crippen LogP contribution in [0.1, 0.15) is 12.0 Å². The maximum atomic E-state index is 10.2. The SMILES string of the molecule is N#CCC(O)(C#N)c1cccc2ccccc12. The van der Waals surface area contributed by atoms with Crippen LogP contribution in [0, 0.1) is 22.7 Å². The summed E-state index contributed by atoms with van der Waals surface area (Å²) in [6, 6.07) is 16.5. The van der Waals surface area contributed by atoms with Gasteiger partial charge in [-0.05, 0) is 10.8 Å². The summed E-state index contributed by atoms with van der Waals surface area (Å²) in [4.78, 5) is 0. The van der Waals surface area contributed by atoms with E-state index in [1.54, 1.807) is 12.1 Å². The third kappa shape index (κ3) is 1.85. The molecular weight excluding hydrogens is 212 g/mol. The van der Waals surface area contributed by atoms with E-state index in [0.717, 1.165) is 10.8 Å². The van der Waals surface area contributed by atoms with Gasteiger partial charge >= 0.3 is 0 Å². The van der Waals surface area contributed by atoms with Crippen molar-refractivity contribution in [1.82, 2.24) is 0 Å². The van der Waals surface area contributed by atoms with E-state index in [4.69, 9.17) is 10.5 Å². The molecule has 3 nitrogen and oxygen atoms in total. The van der Waals surface area contributed by atoms with E-state index in [9.17, 15) is 5.11 Å². The second-order valence-corrected chi connectivity index (χ2v) is 3.83. The minimum absolute atomic E-state index is 0.239. The highest BCUT2D eigenvalue weighted by molar-refractivity contribution is 5.86. The van der Waals surface area contributed by atoms with E-state index < -0.39 is 5.60 Å². The molecule has 2 rings (SSSR count). The van der Waals surface area contributed by atoms with Crippen LogP contribution < -0.4 is 0 Å². The average molecular weight is 222 g/mol. The van der Waals surface area contributed by atoms with E-state index in [-0.39, 0.29) is 6.42 Å². The number of benzene rings is 2. The molecule has 0 fully saturated rings. The number of nitrogens with zero attached hydrogens (tertiary/aromatic N) is 2. The van der Waals surface area contributed by atoms with Gasteiger partial charge in [0, 0.05) is 5.56 Å². The molecule has 3 heteroatoms. The summed E-state index contributed by atoms with van der Waals surface area (Å²) in [6.07, 6.45) is -0.239. The minimum atomic E-state index is -1.74. The highest BCUT2D eigenvalue weighted by atomic mass is 16.3. The molecule has 0 aliphatic rings. The van der Waals surface area contributed by atoms with Crippen molar-refractivity contribution in [3.63, 3.8) is 0 Å². The highest BCUT2D eigenvalue weighted by Crippen LogP contribution is 2.30. The first kappa shape index (κ1) is 11.1. The van der Waals surface area contributed by atoms with Crippen molar-refractivity contribution >= 4 is 10.8 Å². The molecule has 0 aromatic heterocycles. The van der Waals surface area contributed by atoms with Gasteiger partial charge in [0.2, 0.25) is 0 Å². The molecule has 1 N–H and O–H groups in total. The topological polar surface area (TPSA) is 67.8 Å². The minimum Gasteiger partial charge on any atom is -0.371 e. The van der Waals surface area contributed by atoms with Crippen molar-refractivity contribution in [1.29, 1.82) is 10.5 Å². The van der Waals surface area contributed by atoms with E-state index in [1.807, 2.05) is 42.5 Å². The summed E-state index contributed by atoms with van der Waals surface area (Å²) in [5, 5.41) is 29.7. The molecule has 1 atom stereocenters. The van der Waals surface area contributed by atoms with Crippen molar-refractivity contribution in [3.05, 3.63) is 48.0 Å². The van der Waals surface area contributed by atoms with Crippen molar-refractivity contribution < 1.29 is 5.11 Å². The van der Waals surface area contributed by atoms with Crippen molar-refractivity contribution in [2.75, 3.05) is 0 Å². The number of hydrogen-bond donors (Lipinski definition) is 1. The Hall–Kier alpha value is -2.36. The van der Waals surface area contributed by atoms with Crippen LogP contribution in [-0.2, 0) is 5.60 Å². The molecule has 0 saturated carbocycles. The molecule has 0 aliphatic carbocycles. The molecule has 0 amide bonds. The molecule has 0 radical (unpaired) electrons. The number of rotatable bonds is 2. The fraction of sp³-hybridized carbons (Fsp3) is 0.143. The number of nitriles is 2. The van der Waals surface area contributed by atoms with Gasteiger partial charge in [0.05, 0.1) is 12.5 Å². The van der Waals surface area contributed by atoms with E-state index in [1.165, 1.54) is 0 Å². The Morgan fingerprint density at radius 2 is 1.76 bits per heavy atom. The quantitative estimate of drug-likeness (QED) is 0.793. The average Bonchev–Trinajstić information content (AvgIpc) is 2.38. The van der Waals surface area contributed by atoms with Crippen LogP contribution in [0.3, 0.4) is 0 Å². The number of fused-ring (bicyclic) bond motifs is 1. The van der Waals surface area contributed by atoms with Gasteiger partial charge in [-0.15, -0.1) is 0 Å². The Morgan fingerprint density at radius 3 is 2.47 bits per heavy atom. The molecule has 0 saturated heterocycles. The molecule has 2 aromatic carbocycles. The summed E-state index contributed by atoms with van der Waals surface area (Å²) in [6.45, 7) is 0. The monoisotopic (exact) mass is 222 g/mol. The molecule has 2 aromatic rings. The molecule has 17 heavy (non-hydrogen) atoms. The third-order valence-electron chi connectivity index (χ3n) is 2.76. The first-order valence-electron chi connectivity index (χ1n) is 5.20. The van der Waals surface area contributed by atoms with Crippen LogP contribution in [-0.4, -0.2) is 5.11 Å². The number of aliphatic hydroxyl groups is 1. The van der Waals surface area contributed by atoms with Gasteiger partial charge < -0.3 is 5.11 Å². The van der Waals surface area contributed by atoms with E-state index in [0.29, 0.717) is 5.56 Å². The van der Waals surface area contributed by atoms with Gasteiger partial charge in [-0.1, -0.05) is 42.5 Å². The van der Waals surface area contributed by atoms with Crippen molar-refractivity contribution in [2.24, 2.45) is 0 Å². The smallest absolute Gasteiger partial charge is 0.190 e. The maximum Gasteiger partial charge on any atom is 0.190 e. The zero-order valence-electron chi connectivity index (χ0n) is 9.09. The Morgan fingerprint density at radius 1 is 1.06 bits per heavy atom. The van der Waals surface area contributed by atoms with Crippen LogP contribution in [0.15, 0.2) is 42.5 Å². The second kappa shape index (κ2) is 4.25. The lowest BCUT2D eigenvalue weighted by Crippen LogP contribution is -2.23. The summed E-state index contributed by atoms with van der Waals surface area (Å²) in [7, 11) is 0. The first-order valence-corrected chi connectivity index (χ1v) is 5.20. The molecule has 1 unspecified atom stereocenters. The Balaban J connectivity index is 2.72. The van der Waals surface area contributed by atoms with Crippen LogP contribution in [0.4, 0.5) is 0 Å². The van der Waals surface area contributed by atoms with E-state index >= 15 is 0 Å². The fourth-order valence-electron chi connectivity index (χ4n) is 1.90. The Kier molecular flexibility index (Phi) is 2.78.